The Morgan fingerprint density at radius 2 is 2.00 bits per heavy atom. The van der Waals surface area contributed by atoms with E-state index in [0.717, 1.165) is 32.4 Å². The molecule has 0 atom stereocenters. The van der Waals surface area contributed by atoms with E-state index in [1.165, 1.54) is 13.1 Å². The Hall–Kier alpha value is -1.44. The number of amides is 1. The van der Waals surface area contributed by atoms with Crippen LogP contribution < -0.4 is 15.4 Å². The predicted molar refractivity (Wildman–Crippen MR) is 90.9 cm³/mol. The molecule has 7 heteroatoms. The highest BCUT2D eigenvalue weighted by molar-refractivity contribution is 7.89. The van der Waals surface area contributed by atoms with Crippen molar-refractivity contribution in [3.8, 4) is 0 Å². The van der Waals surface area contributed by atoms with Crippen LogP contribution in [-0.4, -0.2) is 34.5 Å². The molecule has 1 amide bonds. The van der Waals surface area contributed by atoms with E-state index < -0.39 is 10.0 Å². The highest BCUT2D eigenvalue weighted by Crippen LogP contribution is 2.24. The summed E-state index contributed by atoms with van der Waals surface area (Å²) in [6.07, 6.45) is 3.57. The Bertz CT molecular complexity index is 653. The summed E-state index contributed by atoms with van der Waals surface area (Å²) in [5.74, 6) is 0.532. The van der Waals surface area contributed by atoms with Gasteiger partial charge in [0.15, 0.2) is 0 Å². The molecule has 0 spiro atoms. The maximum absolute atomic E-state index is 12.1. The van der Waals surface area contributed by atoms with Crippen LogP contribution in [0.1, 0.15) is 31.2 Å². The lowest BCUT2D eigenvalue weighted by molar-refractivity contribution is -0.116. The van der Waals surface area contributed by atoms with Crippen LogP contribution in [0.15, 0.2) is 23.1 Å². The maximum atomic E-state index is 12.1. The fourth-order valence-corrected chi connectivity index (χ4v) is 3.86. The normalized spacial score (nSPS) is 16.3. The molecule has 1 aromatic rings. The minimum absolute atomic E-state index is 0.0642. The molecule has 2 rings (SSSR count). The zero-order valence-corrected chi connectivity index (χ0v) is 14.5. The molecule has 1 aliphatic rings. The standard InChI is InChI=1S/C16H25N3O3S/c1-12-14(4-3-5-15(12)23(21,22)17-2)19-16(20)7-6-13-8-10-18-11-9-13/h3-5,13,17-18H,6-11H2,1-2H3,(H,19,20). The molecule has 23 heavy (non-hydrogen) atoms. The molecule has 0 aromatic heterocycles. The second-order valence-corrected chi connectivity index (χ2v) is 7.77. The van der Waals surface area contributed by atoms with Crippen molar-refractivity contribution in [2.75, 3.05) is 25.5 Å². The van der Waals surface area contributed by atoms with Crippen molar-refractivity contribution >= 4 is 21.6 Å². The average Bonchev–Trinajstić information content (AvgIpc) is 2.55. The van der Waals surface area contributed by atoms with Crippen molar-refractivity contribution in [2.24, 2.45) is 5.92 Å². The van der Waals surface area contributed by atoms with Gasteiger partial charge in [0.2, 0.25) is 15.9 Å². The van der Waals surface area contributed by atoms with Gasteiger partial charge in [0.1, 0.15) is 0 Å². The number of benzene rings is 1. The molecule has 1 aliphatic heterocycles. The third-order valence-electron chi connectivity index (χ3n) is 4.35. The molecule has 1 saturated heterocycles. The smallest absolute Gasteiger partial charge is 0.240 e. The van der Waals surface area contributed by atoms with Crippen molar-refractivity contribution in [1.82, 2.24) is 10.0 Å². The van der Waals surface area contributed by atoms with E-state index in [0.29, 0.717) is 23.6 Å². The van der Waals surface area contributed by atoms with Crippen LogP contribution in [0, 0.1) is 12.8 Å². The van der Waals surface area contributed by atoms with E-state index in [9.17, 15) is 13.2 Å². The largest absolute Gasteiger partial charge is 0.326 e. The maximum Gasteiger partial charge on any atom is 0.240 e. The van der Waals surface area contributed by atoms with Crippen molar-refractivity contribution < 1.29 is 13.2 Å². The molecule has 0 saturated carbocycles. The van der Waals surface area contributed by atoms with Gasteiger partial charge in [-0.25, -0.2) is 13.1 Å². The first-order chi connectivity index (χ1) is 10.9. The minimum Gasteiger partial charge on any atom is -0.326 e. The number of rotatable bonds is 6. The van der Waals surface area contributed by atoms with Crippen LogP contribution in [0.3, 0.4) is 0 Å². The Balaban J connectivity index is 1.99. The summed E-state index contributed by atoms with van der Waals surface area (Å²) in [5.41, 5.74) is 1.11. The lowest BCUT2D eigenvalue weighted by Gasteiger charge is -2.22. The summed E-state index contributed by atoms with van der Waals surface area (Å²) in [4.78, 5) is 12.3. The van der Waals surface area contributed by atoms with E-state index in [4.69, 9.17) is 0 Å². The van der Waals surface area contributed by atoms with E-state index in [2.05, 4.69) is 15.4 Å². The van der Waals surface area contributed by atoms with Crippen molar-refractivity contribution in [3.63, 3.8) is 0 Å². The first-order valence-electron chi connectivity index (χ1n) is 7.98. The minimum atomic E-state index is -3.52. The van der Waals surface area contributed by atoms with Gasteiger partial charge < -0.3 is 10.6 Å². The molecule has 1 heterocycles. The highest BCUT2D eigenvalue weighted by atomic mass is 32.2. The monoisotopic (exact) mass is 339 g/mol. The molecule has 1 fully saturated rings. The number of anilines is 1. The molecule has 0 radical (unpaired) electrons. The Morgan fingerprint density at radius 1 is 1.30 bits per heavy atom. The number of nitrogens with one attached hydrogen (secondary N) is 3. The fourth-order valence-electron chi connectivity index (χ4n) is 2.87. The van der Waals surface area contributed by atoms with Gasteiger partial charge in [-0.1, -0.05) is 6.07 Å². The number of sulfonamides is 1. The summed E-state index contributed by atoms with van der Waals surface area (Å²) < 4.78 is 26.2. The summed E-state index contributed by atoms with van der Waals surface area (Å²) in [5, 5.41) is 6.15. The lowest BCUT2D eigenvalue weighted by Crippen LogP contribution is -2.28. The highest BCUT2D eigenvalue weighted by Gasteiger charge is 2.18. The molecule has 0 bridgehead atoms. The number of hydrogen-bond acceptors (Lipinski definition) is 4. The summed E-state index contributed by atoms with van der Waals surface area (Å²) >= 11 is 0. The van der Waals surface area contributed by atoms with Gasteiger partial charge in [0, 0.05) is 12.1 Å². The van der Waals surface area contributed by atoms with Gasteiger partial charge in [0.05, 0.1) is 4.90 Å². The second kappa shape index (κ2) is 7.90. The van der Waals surface area contributed by atoms with E-state index in [1.54, 1.807) is 19.1 Å². The zero-order chi connectivity index (χ0) is 16.9. The third-order valence-corrected chi connectivity index (χ3v) is 5.91. The molecular weight excluding hydrogens is 314 g/mol. The lowest BCUT2D eigenvalue weighted by atomic mass is 9.93. The first kappa shape index (κ1) is 17.9. The van der Waals surface area contributed by atoms with Gasteiger partial charge in [-0.3, -0.25) is 4.79 Å². The van der Waals surface area contributed by atoms with Crippen LogP contribution >= 0.6 is 0 Å². The number of carbonyl (C=O) groups is 1. The molecule has 0 aliphatic carbocycles. The molecule has 3 N–H and O–H groups in total. The summed E-state index contributed by atoms with van der Waals surface area (Å²) in [6, 6.07) is 4.90. The quantitative estimate of drug-likeness (QED) is 0.735. The van der Waals surface area contributed by atoms with Gasteiger partial charge >= 0.3 is 0 Å². The van der Waals surface area contributed by atoms with Gasteiger partial charge in [-0.15, -0.1) is 0 Å². The van der Waals surface area contributed by atoms with E-state index >= 15 is 0 Å². The Morgan fingerprint density at radius 3 is 2.65 bits per heavy atom. The molecule has 0 unspecified atom stereocenters. The van der Waals surface area contributed by atoms with E-state index in [-0.39, 0.29) is 10.8 Å². The van der Waals surface area contributed by atoms with Crippen molar-refractivity contribution in [2.45, 2.75) is 37.5 Å². The van der Waals surface area contributed by atoms with Crippen molar-refractivity contribution in [3.05, 3.63) is 23.8 Å². The van der Waals surface area contributed by atoms with Crippen LogP contribution in [0.25, 0.3) is 0 Å². The molecule has 1 aromatic carbocycles. The molecular formula is C16H25N3O3S. The first-order valence-corrected chi connectivity index (χ1v) is 9.46. The molecule has 6 nitrogen and oxygen atoms in total. The zero-order valence-electron chi connectivity index (χ0n) is 13.7. The third kappa shape index (κ3) is 4.76. The second-order valence-electron chi connectivity index (χ2n) is 5.92. The number of piperidine rings is 1. The average molecular weight is 339 g/mol. The number of carbonyl (C=O) groups excluding carboxylic acids is 1. The Kier molecular flexibility index (Phi) is 6.15. The Labute approximate surface area is 138 Å². The van der Waals surface area contributed by atoms with Gasteiger partial charge in [0.25, 0.3) is 0 Å². The predicted octanol–water partition coefficient (Wildman–Crippen LogP) is 1.62. The van der Waals surface area contributed by atoms with Gasteiger partial charge in [-0.2, -0.15) is 0 Å². The summed E-state index contributed by atoms with van der Waals surface area (Å²) in [7, 11) is -2.15. The van der Waals surface area contributed by atoms with E-state index in [1.807, 2.05) is 0 Å². The topological polar surface area (TPSA) is 87.3 Å². The fraction of sp³-hybridized carbons (Fsp3) is 0.562. The van der Waals surface area contributed by atoms with Crippen LogP contribution in [0.2, 0.25) is 0 Å². The number of hydrogen-bond donors (Lipinski definition) is 3. The SMILES string of the molecule is CNS(=O)(=O)c1cccc(NC(=O)CCC2CCNCC2)c1C. The van der Waals surface area contributed by atoms with Crippen molar-refractivity contribution in [1.29, 1.82) is 0 Å². The van der Waals surface area contributed by atoms with Crippen LogP contribution in [0.5, 0.6) is 0 Å². The van der Waals surface area contributed by atoms with Crippen LogP contribution in [-0.2, 0) is 14.8 Å². The molecule has 128 valence electrons. The van der Waals surface area contributed by atoms with Gasteiger partial charge in [-0.05, 0) is 69.9 Å². The summed E-state index contributed by atoms with van der Waals surface area (Å²) in [6.45, 7) is 3.75. The van der Waals surface area contributed by atoms with Crippen LogP contribution in [0.4, 0.5) is 5.69 Å².